The van der Waals surface area contributed by atoms with E-state index in [1.54, 1.807) is 17.1 Å². The van der Waals surface area contributed by atoms with E-state index in [0.29, 0.717) is 18.5 Å². The zero-order valence-corrected chi connectivity index (χ0v) is 26.9. The van der Waals surface area contributed by atoms with E-state index in [1.165, 1.54) is 4.90 Å². The van der Waals surface area contributed by atoms with Gasteiger partial charge in [0.15, 0.2) is 0 Å². The lowest BCUT2D eigenvalue weighted by Crippen LogP contribution is -2.57. The van der Waals surface area contributed by atoms with Gasteiger partial charge in [-0.15, -0.1) is 0 Å². The zero-order chi connectivity index (χ0) is 33.1. The van der Waals surface area contributed by atoms with Gasteiger partial charge in [-0.05, 0) is 30.9 Å². The van der Waals surface area contributed by atoms with Gasteiger partial charge in [0.25, 0.3) is 0 Å². The Morgan fingerprint density at radius 3 is 2.43 bits per heavy atom. The van der Waals surface area contributed by atoms with Gasteiger partial charge in [-0.25, -0.2) is 0 Å². The highest BCUT2D eigenvalue weighted by Crippen LogP contribution is 2.54. The first-order valence-electron chi connectivity index (χ1n) is 16.6. The lowest BCUT2D eigenvalue weighted by atomic mass is 9.77. The molecule has 2 N–H and O–H groups in total. The summed E-state index contributed by atoms with van der Waals surface area (Å²) < 4.78 is 12.4. The highest BCUT2D eigenvalue weighted by atomic mass is 16.5. The number of ether oxygens (including phenoxy) is 2. The molecule has 4 aliphatic heterocycles. The van der Waals surface area contributed by atoms with Crippen LogP contribution in [0.2, 0.25) is 0 Å². The minimum absolute atomic E-state index is 0.0711. The van der Waals surface area contributed by atoms with Crippen molar-refractivity contribution in [2.75, 3.05) is 19.8 Å². The molecule has 10 heteroatoms. The van der Waals surface area contributed by atoms with E-state index in [-0.39, 0.29) is 30.9 Å². The second-order valence-electron chi connectivity index (χ2n) is 12.8. The number of rotatable bonds is 7. The van der Waals surface area contributed by atoms with Crippen LogP contribution in [0.3, 0.4) is 0 Å². The van der Waals surface area contributed by atoms with Crippen molar-refractivity contribution in [3.8, 4) is 0 Å². The van der Waals surface area contributed by atoms with Gasteiger partial charge in [-0.3, -0.25) is 19.2 Å². The van der Waals surface area contributed by atoms with Crippen molar-refractivity contribution in [1.82, 2.24) is 15.1 Å². The number of nitrogens with zero attached hydrogens (tertiary/aromatic N) is 2. The number of aliphatic hydroxyl groups is 1. The molecule has 47 heavy (non-hydrogen) atoms. The zero-order valence-electron chi connectivity index (χ0n) is 26.9. The number of carbonyl (C=O) groups excluding carboxylic acids is 4. The Morgan fingerprint density at radius 1 is 1.00 bits per heavy atom. The predicted molar refractivity (Wildman–Crippen MR) is 173 cm³/mol. The number of cyclic esters (lactones) is 1. The molecule has 2 aromatic carbocycles. The second kappa shape index (κ2) is 13.8. The van der Waals surface area contributed by atoms with Crippen LogP contribution in [-0.4, -0.2) is 82.1 Å². The minimum atomic E-state index is -1.47. The molecule has 4 heterocycles. The van der Waals surface area contributed by atoms with Gasteiger partial charge in [0.1, 0.15) is 18.2 Å². The van der Waals surface area contributed by atoms with Crippen molar-refractivity contribution in [2.45, 2.75) is 75.4 Å². The largest absolute Gasteiger partial charge is 0.463 e. The first kappa shape index (κ1) is 32.7. The van der Waals surface area contributed by atoms with Crippen molar-refractivity contribution >= 4 is 23.7 Å². The molecule has 0 saturated carbocycles. The monoisotopic (exact) mass is 641 g/mol. The summed E-state index contributed by atoms with van der Waals surface area (Å²) in [4.78, 5) is 59.9. The third kappa shape index (κ3) is 6.00. The first-order valence-corrected chi connectivity index (χ1v) is 16.6. The van der Waals surface area contributed by atoms with Gasteiger partial charge in [-0.1, -0.05) is 98.3 Å². The van der Waals surface area contributed by atoms with Gasteiger partial charge < -0.3 is 29.7 Å². The van der Waals surface area contributed by atoms with E-state index in [0.717, 1.165) is 18.4 Å². The predicted octanol–water partition coefficient (Wildman–Crippen LogP) is 3.64. The molecular weight excluding hydrogens is 598 g/mol. The molecule has 4 aliphatic rings. The van der Waals surface area contributed by atoms with Gasteiger partial charge in [0, 0.05) is 19.0 Å². The lowest BCUT2D eigenvalue weighted by Gasteiger charge is -2.40. The van der Waals surface area contributed by atoms with Crippen molar-refractivity contribution in [3.63, 3.8) is 0 Å². The molecule has 8 atom stereocenters. The number of nitrogens with one attached hydrogen (secondary N) is 1. The van der Waals surface area contributed by atoms with Gasteiger partial charge in [-0.2, -0.15) is 0 Å². The standard InChI is InChI=1S/C37H43N3O7/c1-3-13-24(2)39-21-12-20-37-32(35(44)40(33(37)36(39)45)28(22-41)26-16-8-5-9-17-26)31-29(47-37)18-10-11-19-30(42)46-23-27(38-34(31)43)25-14-6-4-7-15-25/h4-10,12,14-18,20,24,27-29,31-33,41H,3,11,13,19,21-23H2,1-2H3,(H,38,43)/b18-10-/t24?,27-,28+,29+,31-,32-,33+,37-/m0/s1. The molecule has 2 saturated heterocycles. The summed E-state index contributed by atoms with van der Waals surface area (Å²) in [6.07, 6.45) is 8.50. The fraction of sp³-hybridized carbons (Fsp3) is 0.459. The molecule has 1 spiro atoms. The van der Waals surface area contributed by atoms with Gasteiger partial charge in [0.2, 0.25) is 17.7 Å². The number of fused-ring (bicyclic) bond motifs is 2. The average Bonchev–Trinajstić information content (AvgIpc) is 3.46. The van der Waals surface area contributed by atoms with Crippen LogP contribution in [0.1, 0.15) is 62.7 Å². The number of allylic oxidation sites excluding steroid dienone is 1. The van der Waals surface area contributed by atoms with E-state index >= 15 is 0 Å². The molecule has 3 amide bonds. The van der Waals surface area contributed by atoms with Crippen molar-refractivity contribution in [1.29, 1.82) is 0 Å². The van der Waals surface area contributed by atoms with Crippen LogP contribution in [0.25, 0.3) is 0 Å². The van der Waals surface area contributed by atoms with Crippen LogP contribution in [0.5, 0.6) is 0 Å². The third-order valence-corrected chi connectivity index (χ3v) is 9.97. The van der Waals surface area contributed by atoms with Crippen LogP contribution < -0.4 is 5.32 Å². The van der Waals surface area contributed by atoms with Crippen molar-refractivity contribution in [2.24, 2.45) is 11.8 Å². The first-order chi connectivity index (χ1) is 22.8. The molecular formula is C37H43N3O7. The number of esters is 1. The topological polar surface area (TPSA) is 125 Å². The summed E-state index contributed by atoms with van der Waals surface area (Å²) in [6, 6.07) is 15.7. The normalized spacial score (nSPS) is 31.3. The van der Waals surface area contributed by atoms with Crippen LogP contribution in [0.15, 0.2) is 85.0 Å². The summed E-state index contributed by atoms with van der Waals surface area (Å²) in [6.45, 7) is 3.90. The van der Waals surface area contributed by atoms with Gasteiger partial charge in [0.05, 0.1) is 36.6 Å². The number of amides is 3. The summed E-state index contributed by atoms with van der Waals surface area (Å²) in [5.74, 6) is -3.58. The molecule has 0 aromatic heterocycles. The van der Waals surface area contributed by atoms with Gasteiger partial charge >= 0.3 is 5.97 Å². The molecule has 0 bridgehead atoms. The van der Waals surface area contributed by atoms with Crippen molar-refractivity contribution in [3.05, 3.63) is 96.1 Å². The Kier molecular flexibility index (Phi) is 9.61. The maximum atomic E-state index is 14.9. The summed E-state index contributed by atoms with van der Waals surface area (Å²) >= 11 is 0. The SMILES string of the molecule is CCCC(C)N1CC=C[C@]23O[C@@H]4/C=C\CCC(=O)OC[C@@H](c5ccccc5)NC(=O)[C@@H]4[C@H]2C(=O)N([C@H](CO)c2ccccc2)[C@@H]3C1=O. The van der Waals surface area contributed by atoms with E-state index in [4.69, 9.17) is 9.47 Å². The fourth-order valence-electron chi connectivity index (χ4n) is 7.73. The number of aliphatic hydroxyl groups excluding tert-OH is 1. The van der Waals surface area contributed by atoms with Crippen LogP contribution in [-0.2, 0) is 28.7 Å². The Bertz CT molecular complexity index is 1530. The molecule has 10 nitrogen and oxygen atoms in total. The number of hydrogen-bond donors (Lipinski definition) is 2. The Balaban J connectivity index is 1.47. The molecule has 0 aliphatic carbocycles. The maximum Gasteiger partial charge on any atom is 0.306 e. The van der Waals surface area contributed by atoms with E-state index in [2.05, 4.69) is 12.2 Å². The van der Waals surface area contributed by atoms with Crippen molar-refractivity contribution < 1.29 is 33.8 Å². The second-order valence-corrected chi connectivity index (χ2v) is 12.8. The van der Waals surface area contributed by atoms with E-state index in [9.17, 15) is 24.3 Å². The van der Waals surface area contributed by atoms with E-state index < -0.39 is 60.1 Å². The summed E-state index contributed by atoms with van der Waals surface area (Å²) in [7, 11) is 0. The van der Waals surface area contributed by atoms with Crippen LogP contribution in [0, 0.1) is 11.8 Å². The lowest BCUT2D eigenvalue weighted by molar-refractivity contribution is -0.152. The molecule has 2 aromatic rings. The molecule has 6 rings (SSSR count). The molecule has 0 radical (unpaired) electrons. The van der Waals surface area contributed by atoms with Crippen LogP contribution >= 0.6 is 0 Å². The summed E-state index contributed by atoms with van der Waals surface area (Å²) in [5, 5.41) is 13.8. The molecule has 248 valence electrons. The highest BCUT2D eigenvalue weighted by Gasteiger charge is 2.72. The highest BCUT2D eigenvalue weighted by molar-refractivity contribution is 6.00. The smallest absolute Gasteiger partial charge is 0.306 e. The fourth-order valence-corrected chi connectivity index (χ4v) is 7.73. The number of carbonyl (C=O) groups is 4. The maximum absolute atomic E-state index is 14.9. The number of likely N-dealkylation sites (tertiary alicyclic amines) is 1. The Hall–Kier alpha value is -4.28. The summed E-state index contributed by atoms with van der Waals surface area (Å²) in [5.41, 5.74) is -0.0422. The number of benzene rings is 2. The Morgan fingerprint density at radius 2 is 1.72 bits per heavy atom. The van der Waals surface area contributed by atoms with E-state index in [1.807, 2.05) is 79.7 Å². The minimum Gasteiger partial charge on any atom is -0.463 e. The Labute approximate surface area is 275 Å². The molecule has 2 fully saturated rings. The third-order valence-electron chi connectivity index (χ3n) is 9.97. The average molecular weight is 642 g/mol. The number of hydrogen-bond acceptors (Lipinski definition) is 7. The van der Waals surface area contributed by atoms with Crippen LogP contribution in [0.4, 0.5) is 0 Å². The molecule has 1 unspecified atom stereocenters. The quantitative estimate of drug-likeness (QED) is 0.350.